The molecule has 1 aromatic carbocycles. The minimum atomic E-state index is -0.143. The van der Waals surface area contributed by atoms with E-state index in [1.165, 1.54) is 0 Å². The normalized spacial score (nSPS) is 12.5. The van der Waals surface area contributed by atoms with Gasteiger partial charge >= 0.3 is 5.97 Å². The van der Waals surface area contributed by atoms with Crippen molar-refractivity contribution in [3.05, 3.63) is 29.8 Å². The van der Waals surface area contributed by atoms with Crippen LogP contribution in [0.3, 0.4) is 0 Å². The Morgan fingerprint density at radius 1 is 1.24 bits per heavy atom. The van der Waals surface area contributed by atoms with Gasteiger partial charge in [-0.25, -0.2) is 0 Å². The molecule has 1 aromatic rings. The predicted molar refractivity (Wildman–Crippen MR) is 70.2 cm³/mol. The van der Waals surface area contributed by atoms with Gasteiger partial charge in [-0.15, -0.1) is 0 Å². The van der Waals surface area contributed by atoms with Gasteiger partial charge in [0.1, 0.15) is 5.75 Å². The maximum atomic E-state index is 11.7. The number of para-hydroxylation sites is 1. The number of ether oxygens (including phenoxy) is 1. The molecule has 17 heavy (non-hydrogen) atoms. The van der Waals surface area contributed by atoms with Gasteiger partial charge in [-0.1, -0.05) is 45.9 Å². The monoisotopic (exact) mass is 234 g/mol. The molecule has 0 aliphatic carbocycles. The molecule has 0 aliphatic heterocycles. The van der Waals surface area contributed by atoms with Crippen molar-refractivity contribution in [3.63, 3.8) is 0 Å². The average Bonchev–Trinajstić information content (AvgIpc) is 2.27. The average molecular weight is 234 g/mol. The lowest BCUT2D eigenvalue weighted by Crippen LogP contribution is -2.12. The van der Waals surface area contributed by atoms with Crippen LogP contribution in [0.15, 0.2) is 24.3 Å². The highest BCUT2D eigenvalue weighted by molar-refractivity contribution is 5.73. The lowest BCUT2D eigenvalue weighted by molar-refractivity contribution is -0.135. The van der Waals surface area contributed by atoms with E-state index in [0.717, 1.165) is 12.0 Å². The van der Waals surface area contributed by atoms with E-state index < -0.39 is 0 Å². The molecule has 0 spiro atoms. The zero-order valence-electron chi connectivity index (χ0n) is 11.2. The third-order valence-electron chi connectivity index (χ3n) is 2.86. The summed E-state index contributed by atoms with van der Waals surface area (Å²) >= 11 is 0. The van der Waals surface area contributed by atoms with E-state index in [1.54, 1.807) is 0 Å². The van der Waals surface area contributed by atoms with Crippen molar-refractivity contribution in [3.8, 4) is 5.75 Å². The fourth-order valence-electron chi connectivity index (χ4n) is 1.70. The van der Waals surface area contributed by atoms with Gasteiger partial charge in [-0.2, -0.15) is 0 Å². The molecule has 1 atom stereocenters. The lowest BCUT2D eigenvalue weighted by atomic mass is 9.98. The molecule has 1 rings (SSSR count). The quantitative estimate of drug-likeness (QED) is 0.565. The first-order valence-corrected chi connectivity index (χ1v) is 6.34. The molecule has 0 fully saturated rings. The largest absolute Gasteiger partial charge is 0.426 e. The third-order valence-corrected chi connectivity index (χ3v) is 2.86. The van der Waals surface area contributed by atoms with Gasteiger partial charge in [0, 0.05) is 6.42 Å². The van der Waals surface area contributed by atoms with Crippen LogP contribution in [0.2, 0.25) is 0 Å². The van der Waals surface area contributed by atoms with Crippen molar-refractivity contribution < 1.29 is 9.53 Å². The zero-order valence-corrected chi connectivity index (χ0v) is 11.2. The molecular formula is C15H22O2. The molecule has 2 nitrogen and oxygen atoms in total. The number of benzene rings is 1. The Morgan fingerprint density at radius 3 is 2.47 bits per heavy atom. The summed E-state index contributed by atoms with van der Waals surface area (Å²) in [7, 11) is 0. The Kier molecular flexibility index (Phi) is 5.20. The van der Waals surface area contributed by atoms with Gasteiger partial charge < -0.3 is 4.74 Å². The molecular weight excluding hydrogens is 212 g/mol. The summed E-state index contributed by atoms with van der Waals surface area (Å²) in [5.74, 6) is 1.32. The molecule has 0 N–H and O–H groups in total. The van der Waals surface area contributed by atoms with Gasteiger partial charge in [0.05, 0.1) is 0 Å². The number of carbonyl (C=O) groups excluding carboxylic acids is 1. The Morgan fingerprint density at radius 2 is 1.88 bits per heavy atom. The van der Waals surface area contributed by atoms with E-state index >= 15 is 0 Å². The summed E-state index contributed by atoms with van der Waals surface area (Å²) in [6, 6.07) is 7.80. The van der Waals surface area contributed by atoms with Crippen molar-refractivity contribution >= 4 is 5.97 Å². The van der Waals surface area contributed by atoms with Gasteiger partial charge in [-0.05, 0) is 29.9 Å². The maximum absolute atomic E-state index is 11.7. The maximum Gasteiger partial charge on any atom is 0.311 e. The summed E-state index contributed by atoms with van der Waals surface area (Å²) < 4.78 is 5.44. The second-order valence-corrected chi connectivity index (χ2v) is 4.92. The van der Waals surface area contributed by atoms with Crippen LogP contribution in [0.25, 0.3) is 0 Å². The van der Waals surface area contributed by atoms with Crippen LogP contribution in [-0.2, 0) is 4.79 Å². The standard InChI is InChI=1S/C15H22O2/c1-5-12(4)13-8-6-7-9-14(13)17-15(16)10-11(2)3/h6-9,11-12H,5,10H2,1-4H3. The Labute approximate surface area is 104 Å². The second-order valence-electron chi connectivity index (χ2n) is 4.92. The number of esters is 1. The number of carbonyl (C=O) groups is 1. The van der Waals surface area contributed by atoms with E-state index in [2.05, 4.69) is 13.8 Å². The molecule has 0 bridgehead atoms. The fraction of sp³-hybridized carbons (Fsp3) is 0.533. The van der Waals surface area contributed by atoms with E-state index in [1.807, 2.05) is 38.1 Å². The summed E-state index contributed by atoms with van der Waals surface area (Å²) in [5, 5.41) is 0. The minimum Gasteiger partial charge on any atom is -0.426 e. The molecule has 0 aliphatic rings. The van der Waals surface area contributed by atoms with Crippen molar-refractivity contribution in [1.82, 2.24) is 0 Å². The van der Waals surface area contributed by atoms with Crippen molar-refractivity contribution in [2.75, 3.05) is 0 Å². The van der Waals surface area contributed by atoms with Crippen LogP contribution in [0, 0.1) is 5.92 Å². The number of hydrogen-bond acceptors (Lipinski definition) is 2. The molecule has 0 radical (unpaired) electrons. The first-order valence-electron chi connectivity index (χ1n) is 6.34. The van der Waals surface area contributed by atoms with E-state index in [9.17, 15) is 4.79 Å². The summed E-state index contributed by atoms with van der Waals surface area (Å²) in [6.45, 7) is 8.32. The van der Waals surface area contributed by atoms with Gasteiger partial charge in [0.15, 0.2) is 0 Å². The molecule has 1 unspecified atom stereocenters. The number of hydrogen-bond donors (Lipinski definition) is 0. The number of rotatable bonds is 5. The van der Waals surface area contributed by atoms with Crippen molar-refractivity contribution in [2.24, 2.45) is 5.92 Å². The molecule has 0 saturated carbocycles. The molecule has 0 amide bonds. The van der Waals surface area contributed by atoms with Crippen LogP contribution < -0.4 is 4.74 Å². The van der Waals surface area contributed by atoms with E-state index in [4.69, 9.17) is 4.74 Å². The van der Waals surface area contributed by atoms with Crippen LogP contribution in [-0.4, -0.2) is 5.97 Å². The summed E-state index contributed by atoms with van der Waals surface area (Å²) in [4.78, 5) is 11.7. The molecule has 0 aromatic heterocycles. The molecule has 0 heterocycles. The Hall–Kier alpha value is -1.31. The second kappa shape index (κ2) is 6.43. The van der Waals surface area contributed by atoms with Crippen molar-refractivity contribution in [2.45, 2.75) is 46.5 Å². The minimum absolute atomic E-state index is 0.143. The highest BCUT2D eigenvalue weighted by atomic mass is 16.5. The smallest absolute Gasteiger partial charge is 0.311 e. The summed E-state index contributed by atoms with van der Waals surface area (Å²) in [6.07, 6.45) is 1.51. The molecule has 0 saturated heterocycles. The van der Waals surface area contributed by atoms with Gasteiger partial charge in [0.25, 0.3) is 0 Å². The third kappa shape index (κ3) is 4.22. The van der Waals surface area contributed by atoms with E-state index in [-0.39, 0.29) is 5.97 Å². The van der Waals surface area contributed by atoms with Crippen molar-refractivity contribution in [1.29, 1.82) is 0 Å². The molecule has 2 heteroatoms. The lowest BCUT2D eigenvalue weighted by Gasteiger charge is -2.14. The Balaban J connectivity index is 2.80. The highest BCUT2D eigenvalue weighted by Crippen LogP contribution is 2.28. The highest BCUT2D eigenvalue weighted by Gasteiger charge is 2.13. The topological polar surface area (TPSA) is 26.3 Å². The summed E-state index contributed by atoms with van der Waals surface area (Å²) in [5.41, 5.74) is 1.12. The van der Waals surface area contributed by atoms with Crippen LogP contribution in [0.1, 0.15) is 52.0 Å². The van der Waals surface area contributed by atoms with Crippen LogP contribution >= 0.6 is 0 Å². The zero-order chi connectivity index (χ0) is 12.8. The van der Waals surface area contributed by atoms with Crippen LogP contribution in [0.4, 0.5) is 0 Å². The van der Waals surface area contributed by atoms with Crippen LogP contribution in [0.5, 0.6) is 5.75 Å². The van der Waals surface area contributed by atoms with Gasteiger partial charge in [-0.3, -0.25) is 4.79 Å². The van der Waals surface area contributed by atoms with E-state index in [0.29, 0.717) is 24.0 Å². The predicted octanol–water partition coefficient (Wildman–Crippen LogP) is 4.15. The van der Waals surface area contributed by atoms with Gasteiger partial charge in [0.2, 0.25) is 0 Å². The first kappa shape index (κ1) is 13.8. The fourth-order valence-corrected chi connectivity index (χ4v) is 1.70. The Bertz CT molecular complexity index is 369. The molecule has 94 valence electrons. The first-order chi connectivity index (χ1) is 8.04. The SMILES string of the molecule is CCC(C)c1ccccc1OC(=O)CC(C)C.